The lowest BCUT2D eigenvalue weighted by Gasteiger charge is -2.05. The fraction of sp³-hybridized carbons (Fsp3) is 0.158. The Bertz CT molecular complexity index is 976. The lowest BCUT2D eigenvalue weighted by Crippen LogP contribution is -2.14. The second kappa shape index (κ2) is 8.24. The Kier molecular flexibility index (Phi) is 5.78. The number of aromatic nitrogens is 1. The first-order valence-corrected chi connectivity index (χ1v) is 9.73. The molecule has 1 amide bonds. The molecular formula is C19H16N2O4S2. The maximum Gasteiger partial charge on any atom is 0.350 e. The highest BCUT2D eigenvalue weighted by Crippen LogP contribution is 2.31. The van der Waals surface area contributed by atoms with Crippen molar-refractivity contribution in [2.45, 2.75) is 13.8 Å². The van der Waals surface area contributed by atoms with Crippen LogP contribution in [0.15, 0.2) is 41.8 Å². The van der Waals surface area contributed by atoms with Gasteiger partial charge in [0.25, 0.3) is 0 Å². The van der Waals surface area contributed by atoms with E-state index in [0.717, 1.165) is 9.88 Å². The van der Waals surface area contributed by atoms with Gasteiger partial charge in [-0.15, -0.1) is 22.7 Å². The summed E-state index contributed by atoms with van der Waals surface area (Å²) < 4.78 is 5.17. The molecule has 2 aromatic heterocycles. The number of rotatable bonds is 6. The number of carbonyl (C=O) groups excluding carboxylic acids is 3. The molecule has 3 rings (SSSR count). The first-order valence-electron chi connectivity index (χ1n) is 8.03. The summed E-state index contributed by atoms with van der Waals surface area (Å²) in [5.74, 6) is -1.07. The summed E-state index contributed by atoms with van der Waals surface area (Å²) >= 11 is 2.80. The second-order valence-electron chi connectivity index (χ2n) is 5.67. The normalized spacial score (nSPS) is 10.4. The number of ketones is 1. The number of esters is 1. The number of nitrogens with one attached hydrogen (secondary N) is 1. The van der Waals surface area contributed by atoms with Crippen molar-refractivity contribution in [2.75, 3.05) is 11.9 Å². The summed E-state index contributed by atoms with van der Waals surface area (Å²) in [4.78, 5) is 41.3. The standard InChI is InChI=1S/C19H16N2O4S2/c1-11-17(27-18(20-11)16-4-3-9-26-16)19(24)25-10-15(23)13-5-7-14(8-6-13)21-12(2)22/h3-9H,10H2,1-2H3,(H,21,22). The maximum absolute atomic E-state index is 12.3. The van der Waals surface area contributed by atoms with Crippen LogP contribution in [0.5, 0.6) is 0 Å². The lowest BCUT2D eigenvalue weighted by molar-refractivity contribution is -0.114. The number of hydrogen-bond donors (Lipinski definition) is 1. The van der Waals surface area contributed by atoms with Gasteiger partial charge in [-0.2, -0.15) is 0 Å². The number of hydrogen-bond acceptors (Lipinski definition) is 7. The number of benzene rings is 1. The maximum atomic E-state index is 12.3. The number of carbonyl (C=O) groups is 3. The fourth-order valence-electron chi connectivity index (χ4n) is 2.31. The largest absolute Gasteiger partial charge is 0.453 e. The van der Waals surface area contributed by atoms with Crippen molar-refractivity contribution < 1.29 is 19.1 Å². The molecular weight excluding hydrogens is 384 g/mol. The van der Waals surface area contributed by atoms with Gasteiger partial charge in [0.15, 0.2) is 12.4 Å². The number of anilines is 1. The molecule has 27 heavy (non-hydrogen) atoms. The van der Waals surface area contributed by atoms with E-state index in [1.54, 1.807) is 42.5 Å². The quantitative estimate of drug-likeness (QED) is 0.496. The first kappa shape index (κ1) is 18.9. The van der Waals surface area contributed by atoms with Crippen LogP contribution in [0, 0.1) is 6.92 Å². The van der Waals surface area contributed by atoms with E-state index in [0.29, 0.717) is 21.8 Å². The minimum atomic E-state index is -0.559. The molecule has 0 radical (unpaired) electrons. The van der Waals surface area contributed by atoms with Gasteiger partial charge >= 0.3 is 5.97 Å². The molecule has 0 aliphatic carbocycles. The van der Waals surface area contributed by atoms with Crippen LogP contribution in [0.3, 0.4) is 0 Å². The second-order valence-corrected chi connectivity index (χ2v) is 7.62. The van der Waals surface area contributed by atoms with Crippen LogP contribution < -0.4 is 5.32 Å². The van der Waals surface area contributed by atoms with E-state index in [4.69, 9.17) is 4.74 Å². The van der Waals surface area contributed by atoms with E-state index in [1.807, 2.05) is 17.5 Å². The van der Waals surface area contributed by atoms with E-state index in [2.05, 4.69) is 10.3 Å². The van der Waals surface area contributed by atoms with Crippen molar-refractivity contribution in [2.24, 2.45) is 0 Å². The summed E-state index contributed by atoms with van der Waals surface area (Å²) in [5, 5.41) is 5.33. The van der Waals surface area contributed by atoms with E-state index in [9.17, 15) is 14.4 Å². The van der Waals surface area contributed by atoms with Crippen LogP contribution in [0.2, 0.25) is 0 Å². The van der Waals surface area contributed by atoms with E-state index < -0.39 is 5.97 Å². The highest BCUT2D eigenvalue weighted by Gasteiger charge is 2.19. The number of thiazole rings is 1. The zero-order chi connectivity index (χ0) is 19.4. The van der Waals surface area contributed by atoms with Crippen LogP contribution in [0.1, 0.15) is 32.6 Å². The number of Topliss-reactive ketones (excluding diaryl/α,β-unsaturated/α-hetero) is 1. The molecule has 0 spiro atoms. The molecule has 8 heteroatoms. The molecule has 0 fully saturated rings. The molecule has 0 saturated carbocycles. The minimum absolute atomic E-state index is 0.190. The van der Waals surface area contributed by atoms with Crippen LogP contribution in [0.25, 0.3) is 9.88 Å². The average molecular weight is 400 g/mol. The van der Waals surface area contributed by atoms with Gasteiger partial charge in [0.05, 0.1) is 10.6 Å². The Morgan fingerprint density at radius 1 is 1.15 bits per heavy atom. The molecule has 6 nitrogen and oxygen atoms in total. The van der Waals surface area contributed by atoms with Crippen LogP contribution in [0.4, 0.5) is 5.69 Å². The van der Waals surface area contributed by atoms with Gasteiger partial charge in [-0.3, -0.25) is 9.59 Å². The third-order valence-electron chi connectivity index (χ3n) is 3.58. The molecule has 0 aliphatic rings. The molecule has 0 atom stereocenters. The smallest absolute Gasteiger partial charge is 0.350 e. The van der Waals surface area contributed by atoms with Crippen molar-refractivity contribution in [3.63, 3.8) is 0 Å². The van der Waals surface area contributed by atoms with Gasteiger partial charge in [0, 0.05) is 18.2 Å². The fourth-order valence-corrected chi connectivity index (χ4v) is 4.07. The van der Waals surface area contributed by atoms with Gasteiger partial charge in [-0.05, 0) is 42.6 Å². The molecule has 138 valence electrons. The number of amides is 1. The predicted molar refractivity (Wildman–Crippen MR) is 106 cm³/mol. The molecule has 3 aromatic rings. The predicted octanol–water partition coefficient (Wildman–Crippen LogP) is 4.18. The number of nitrogens with zero attached hydrogens (tertiary/aromatic N) is 1. The zero-order valence-corrected chi connectivity index (χ0v) is 16.3. The van der Waals surface area contributed by atoms with E-state index >= 15 is 0 Å². The lowest BCUT2D eigenvalue weighted by atomic mass is 10.1. The zero-order valence-electron chi connectivity index (χ0n) is 14.6. The Hall–Kier alpha value is -2.84. The average Bonchev–Trinajstić information content (AvgIpc) is 3.29. The Balaban J connectivity index is 1.62. The molecule has 0 aliphatic heterocycles. The van der Waals surface area contributed by atoms with Crippen LogP contribution in [-0.4, -0.2) is 29.3 Å². The topological polar surface area (TPSA) is 85.4 Å². The summed E-state index contributed by atoms with van der Waals surface area (Å²) in [6.45, 7) is 2.79. The molecule has 1 aromatic carbocycles. The number of thiophene rings is 1. The molecule has 0 saturated heterocycles. The highest BCUT2D eigenvalue weighted by molar-refractivity contribution is 7.22. The Labute approximate surface area is 163 Å². The number of aryl methyl sites for hydroxylation is 1. The Morgan fingerprint density at radius 3 is 2.52 bits per heavy atom. The van der Waals surface area contributed by atoms with Crippen molar-refractivity contribution in [1.29, 1.82) is 0 Å². The van der Waals surface area contributed by atoms with E-state index in [-0.39, 0.29) is 18.3 Å². The third-order valence-corrected chi connectivity index (χ3v) is 5.75. The van der Waals surface area contributed by atoms with Gasteiger partial charge in [0.2, 0.25) is 5.91 Å². The minimum Gasteiger partial charge on any atom is -0.453 e. The monoisotopic (exact) mass is 400 g/mol. The molecule has 2 heterocycles. The van der Waals surface area contributed by atoms with Crippen molar-refractivity contribution in [3.05, 3.63) is 57.9 Å². The van der Waals surface area contributed by atoms with Crippen molar-refractivity contribution >= 4 is 46.0 Å². The molecule has 1 N–H and O–H groups in total. The van der Waals surface area contributed by atoms with Gasteiger partial charge in [0.1, 0.15) is 9.88 Å². The van der Waals surface area contributed by atoms with Crippen LogP contribution >= 0.6 is 22.7 Å². The SMILES string of the molecule is CC(=O)Nc1ccc(C(=O)COC(=O)c2sc(-c3cccs3)nc2C)cc1. The number of ether oxygens (including phenoxy) is 1. The van der Waals surface area contributed by atoms with E-state index in [1.165, 1.54) is 18.3 Å². The third kappa shape index (κ3) is 4.66. The summed E-state index contributed by atoms with van der Waals surface area (Å²) in [6, 6.07) is 10.3. The molecule has 0 unspecified atom stereocenters. The van der Waals surface area contributed by atoms with Crippen molar-refractivity contribution in [1.82, 2.24) is 4.98 Å². The Morgan fingerprint density at radius 2 is 1.89 bits per heavy atom. The van der Waals surface area contributed by atoms with Crippen molar-refractivity contribution in [3.8, 4) is 9.88 Å². The first-order chi connectivity index (χ1) is 12.9. The summed E-state index contributed by atoms with van der Waals surface area (Å²) in [7, 11) is 0. The molecule has 0 bridgehead atoms. The summed E-state index contributed by atoms with van der Waals surface area (Å²) in [5.41, 5.74) is 1.58. The summed E-state index contributed by atoms with van der Waals surface area (Å²) in [6.07, 6.45) is 0. The highest BCUT2D eigenvalue weighted by atomic mass is 32.1. The van der Waals surface area contributed by atoms with Crippen LogP contribution in [-0.2, 0) is 9.53 Å². The van der Waals surface area contributed by atoms with Gasteiger partial charge < -0.3 is 10.1 Å². The van der Waals surface area contributed by atoms with Gasteiger partial charge in [-0.25, -0.2) is 9.78 Å². The van der Waals surface area contributed by atoms with Gasteiger partial charge in [-0.1, -0.05) is 6.07 Å².